The Bertz CT molecular complexity index is 1180. The molecule has 1 heterocycles. The van der Waals surface area contributed by atoms with Crippen LogP contribution in [0.1, 0.15) is 11.1 Å². The van der Waals surface area contributed by atoms with Gasteiger partial charge in [0.15, 0.2) is 0 Å². The number of aromatic nitrogens is 2. The zero-order valence-corrected chi connectivity index (χ0v) is 16.7. The van der Waals surface area contributed by atoms with Crippen molar-refractivity contribution in [1.29, 1.82) is 0 Å². The predicted molar refractivity (Wildman–Crippen MR) is 117 cm³/mol. The summed E-state index contributed by atoms with van der Waals surface area (Å²) in [4.78, 5) is 0. The number of hydrogen-bond acceptors (Lipinski definition) is 3. The van der Waals surface area contributed by atoms with Crippen molar-refractivity contribution >= 4 is 12.2 Å². The van der Waals surface area contributed by atoms with Crippen molar-refractivity contribution in [1.82, 2.24) is 9.78 Å². The van der Waals surface area contributed by atoms with Crippen LogP contribution in [0.5, 0.6) is 11.5 Å². The molecular weight excluding hydrogens is 379 g/mol. The highest BCUT2D eigenvalue weighted by molar-refractivity contribution is 5.79. The Morgan fingerprint density at radius 3 is 2.30 bits per heavy atom. The van der Waals surface area contributed by atoms with E-state index in [9.17, 15) is 4.39 Å². The van der Waals surface area contributed by atoms with E-state index in [0.29, 0.717) is 22.9 Å². The highest BCUT2D eigenvalue weighted by Gasteiger charge is 2.17. The second-order valence-electron chi connectivity index (χ2n) is 6.62. The second-order valence-corrected chi connectivity index (χ2v) is 6.62. The Morgan fingerprint density at radius 2 is 1.57 bits per heavy atom. The van der Waals surface area contributed by atoms with E-state index in [-0.39, 0.29) is 5.82 Å². The molecule has 4 nitrogen and oxygen atoms in total. The molecule has 1 aromatic heterocycles. The van der Waals surface area contributed by atoms with Crippen LogP contribution in [0.2, 0.25) is 0 Å². The number of hydrogen-bond donors (Lipinski definition) is 0. The molecule has 0 amide bonds. The van der Waals surface area contributed by atoms with Crippen LogP contribution in [-0.2, 0) is 0 Å². The van der Waals surface area contributed by atoms with Gasteiger partial charge in [-0.2, -0.15) is 5.10 Å². The van der Waals surface area contributed by atoms with Crippen LogP contribution in [0, 0.1) is 5.82 Å². The molecule has 0 radical (unpaired) electrons. The largest absolute Gasteiger partial charge is 0.496 e. The lowest BCUT2D eigenvalue weighted by atomic mass is 10.0. The summed E-state index contributed by atoms with van der Waals surface area (Å²) in [6, 6.07) is 22.2. The monoisotopic (exact) mass is 400 g/mol. The standard InChI is InChI=1S/C25H21FN2O2/c1-29-24-17-25(30-2)20(16-19(24)13-12-18-8-4-3-5-9-18)22-14-15-27-28(22)23-11-7-6-10-21(23)26/h3-17H,1-2H3/b13-12+. The first kappa shape index (κ1) is 19.5. The van der Waals surface area contributed by atoms with E-state index in [1.165, 1.54) is 6.07 Å². The summed E-state index contributed by atoms with van der Waals surface area (Å²) >= 11 is 0. The van der Waals surface area contributed by atoms with Gasteiger partial charge in [0.2, 0.25) is 0 Å². The van der Waals surface area contributed by atoms with E-state index >= 15 is 0 Å². The SMILES string of the molecule is COc1cc(OC)c(-c2ccnn2-c2ccccc2F)cc1/C=C/c1ccccc1. The maximum Gasteiger partial charge on any atom is 0.148 e. The van der Waals surface area contributed by atoms with Gasteiger partial charge in [0.25, 0.3) is 0 Å². The van der Waals surface area contributed by atoms with E-state index in [1.54, 1.807) is 43.3 Å². The van der Waals surface area contributed by atoms with Gasteiger partial charge < -0.3 is 9.47 Å². The first-order valence-electron chi connectivity index (χ1n) is 9.49. The summed E-state index contributed by atoms with van der Waals surface area (Å²) in [7, 11) is 3.22. The fourth-order valence-corrected chi connectivity index (χ4v) is 3.33. The molecule has 5 heteroatoms. The van der Waals surface area contributed by atoms with Gasteiger partial charge in [-0.05, 0) is 29.8 Å². The maximum absolute atomic E-state index is 14.4. The van der Waals surface area contributed by atoms with Crippen molar-refractivity contribution in [2.24, 2.45) is 0 Å². The summed E-state index contributed by atoms with van der Waals surface area (Å²) in [5, 5.41) is 4.34. The van der Waals surface area contributed by atoms with Crippen LogP contribution in [0.15, 0.2) is 79.0 Å². The van der Waals surface area contributed by atoms with Gasteiger partial charge in [0.05, 0.1) is 26.1 Å². The number of halogens is 1. The third kappa shape index (κ3) is 3.82. The van der Waals surface area contributed by atoms with Crippen LogP contribution >= 0.6 is 0 Å². The fraction of sp³-hybridized carbons (Fsp3) is 0.0800. The molecule has 0 fully saturated rings. The van der Waals surface area contributed by atoms with E-state index < -0.39 is 0 Å². The van der Waals surface area contributed by atoms with Gasteiger partial charge in [-0.1, -0.05) is 54.6 Å². The van der Waals surface area contributed by atoms with Gasteiger partial charge >= 0.3 is 0 Å². The molecule has 0 atom stereocenters. The summed E-state index contributed by atoms with van der Waals surface area (Å²) in [6.45, 7) is 0. The minimum Gasteiger partial charge on any atom is -0.496 e. The predicted octanol–water partition coefficient (Wildman–Crippen LogP) is 5.87. The van der Waals surface area contributed by atoms with Crippen LogP contribution in [-0.4, -0.2) is 24.0 Å². The normalized spacial score (nSPS) is 11.0. The Morgan fingerprint density at radius 1 is 0.833 bits per heavy atom. The molecule has 3 aromatic carbocycles. The second kappa shape index (κ2) is 8.66. The lowest BCUT2D eigenvalue weighted by Gasteiger charge is -2.15. The minimum absolute atomic E-state index is 0.348. The number of ether oxygens (including phenoxy) is 2. The number of nitrogens with zero attached hydrogens (tertiary/aromatic N) is 2. The molecule has 4 aromatic rings. The van der Waals surface area contributed by atoms with Crippen molar-refractivity contribution in [3.8, 4) is 28.4 Å². The summed E-state index contributed by atoms with van der Waals surface area (Å²) in [6.07, 6.45) is 5.65. The minimum atomic E-state index is -0.348. The number of benzene rings is 3. The number of methoxy groups -OCH3 is 2. The molecule has 0 aliphatic rings. The zero-order chi connectivity index (χ0) is 20.9. The van der Waals surface area contributed by atoms with Gasteiger partial charge in [-0.3, -0.25) is 0 Å². The molecule has 0 N–H and O–H groups in total. The molecular formula is C25H21FN2O2. The van der Waals surface area contributed by atoms with Crippen molar-refractivity contribution in [2.75, 3.05) is 14.2 Å². The Labute approximate surface area is 174 Å². The molecule has 0 aliphatic heterocycles. The third-order valence-electron chi connectivity index (χ3n) is 4.81. The average molecular weight is 400 g/mol. The van der Waals surface area contributed by atoms with Crippen molar-refractivity contribution in [3.05, 3.63) is 95.9 Å². The molecule has 0 aliphatic carbocycles. The van der Waals surface area contributed by atoms with E-state index in [0.717, 1.165) is 16.7 Å². The lowest BCUT2D eigenvalue weighted by Crippen LogP contribution is -2.03. The number of para-hydroxylation sites is 1. The van der Waals surface area contributed by atoms with Crippen molar-refractivity contribution in [2.45, 2.75) is 0 Å². The van der Waals surface area contributed by atoms with Gasteiger partial charge in [-0.15, -0.1) is 0 Å². The van der Waals surface area contributed by atoms with Gasteiger partial charge in [-0.25, -0.2) is 9.07 Å². The average Bonchev–Trinajstić information content (AvgIpc) is 3.27. The molecule has 0 bridgehead atoms. The van der Waals surface area contributed by atoms with E-state index in [2.05, 4.69) is 5.10 Å². The maximum atomic E-state index is 14.4. The van der Waals surface area contributed by atoms with Crippen LogP contribution in [0.25, 0.3) is 29.1 Å². The summed E-state index contributed by atoms with van der Waals surface area (Å²) in [5.41, 5.74) is 3.82. The van der Waals surface area contributed by atoms with E-state index in [1.807, 2.05) is 60.7 Å². The Balaban J connectivity index is 1.84. The highest BCUT2D eigenvalue weighted by Crippen LogP contribution is 2.37. The first-order valence-corrected chi connectivity index (χ1v) is 9.49. The molecule has 0 saturated heterocycles. The number of rotatable bonds is 6. The Kier molecular flexibility index (Phi) is 5.61. The highest BCUT2D eigenvalue weighted by atomic mass is 19.1. The van der Waals surface area contributed by atoms with E-state index in [4.69, 9.17) is 9.47 Å². The van der Waals surface area contributed by atoms with Crippen molar-refractivity contribution < 1.29 is 13.9 Å². The smallest absolute Gasteiger partial charge is 0.148 e. The van der Waals surface area contributed by atoms with Crippen LogP contribution < -0.4 is 9.47 Å². The molecule has 150 valence electrons. The van der Waals surface area contributed by atoms with Gasteiger partial charge in [0.1, 0.15) is 23.0 Å². The Hall–Kier alpha value is -3.86. The third-order valence-corrected chi connectivity index (χ3v) is 4.81. The topological polar surface area (TPSA) is 36.3 Å². The fourth-order valence-electron chi connectivity index (χ4n) is 3.33. The molecule has 0 unspecified atom stereocenters. The zero-order valence-electron chi connectivity index (χ0n) is 16.7. The van der Waals surface area contributed by atoms with Crippen molar-refractivity contribution in [3.63, 3.8) is 0 Å². The molecule has 0 spiro atoms. The lowest BCUT2D eigenvalue weighted by molar-refractivity contribution is 0.394. The summed E-state index contributed by atoms with van der Waals surface area (Å²) < 4.78 is 27.2. The molecule has 30 heavy (non-hydrogen) atoms. The first-order chi connectivity index (χ1) is 14.7. The van der Waals surface area contributed by atoms with Crippen LogP contribution in [0.3, 0.4) is 0 Å². The quantitative estimate of drug-likeness (QED) is 0.380. The molecule has 4 rings (SSSR count). The van der Waals surface area contributed by atoms with Crippen LogP contribution in [0.4, 0.5) is 4.39 Å². The summed E-state index contributed by atoms with van der Waals surface area (Å²) in [5.74, 6) is 0.945. The molecule has 0 saturated carbocycles. The van der Waals surface area contributed by atoms with Gasteiger partial charge in [0, 0.05) is 17.2 Å².